The van der Waals surface area contributed by atoms with E-state index in [1.807, 2.05) is 197 Å². The summed E-state index contributed by atoms with van der Waals surface area (Å²) in [7, 11) is 10.1. The molecule has 0 aliphatic carbocycles. The van der Waals surface area contributed by atoms with Gasteiger partial charge in [-0.15, -0.1) is 0 Å². The Morgan fingerprint density at radius 3 is 1.08 bits per heavy atom. The van der Waals surface area contributed by atoms with Gasteiger partial charge >= 0.3 is 0 Å². The fraction of sp³-hybridized carbons (Fsp3) is 0.195. The Morgan fingerprint density at radius 1 is 0.274 bits per heavy atom. The van der Waals surface area contributed by atoms with E-state index in [0.717, 1.165) is 113 Å². The largest absolute Gasteiger partial charge is 0.496 e. The lowest BCUT2D eigenvalue weighted by Gasteiger charge is -2.09. The summed E-state index contributed by atoms with van der Waals surface area (Å²) in [4.78, 5) is 25.3. The second-order valence-corrected chi connectivity index (χ2v) is 22.8. The molecule has 12 aromatic rings. The van der Waals surface area contributed by atoms with Crippen LogP contribution in [0, 0.1) is 69.2 Å². The Balaban J connectivity index is 0.000000161. The summed E-state index contributed by atoms with van der Waals surface area (Å²) in [6, 6.07) is 56.8. The molecule has 0 fully saturated rings. The average Bonchev–Trinajstić information content (AvgIpc) is 1.25. The Kier molecular flexibility index (Phi) is 27.1. The van der Waals surface area contributed by atoms with Crippen molar-refractivity contribution in [2.75, 3.05) is 42.7 Å². The third-order valence-corrected chi connectivity index (χ3v) is 15.9. The quantitative estimate of drug-likeness (QED) is 0.115. The van der Waals surface area contributed by atoms with Crippen molar-refractivity contribution >= 4 is 11.6 Å². The van der Waals surface area contributed by atoms with Gasteiger partial charge in [0.05, 0.1) is 53.4 Å². The summed E-state index contributed by atoms with van der Waals surface area (Å²) in [6.07, 6.45) is 16.4. The molecule has 0 radical (unpaired) electrons. The minimum atomic E-state index is 0.708. The first-order valence-corrected chi connectivity index (χ1v) is 31.3. The molecular formula is C82H85ClN6O6. The van der Waals surface area contributed by atoms with Gasteiger partial charge in [-0.3, -0.25) is 29.9 Å². The van der Waals surface area contributed by atoms with E-state index in [2.05, 4.69) is 104 Å². The summed E-state index contributed by atoms with van der Waals surface area (Å²) in [6.45, 7) is 20.4. The minimum Gasteiger partial charge on any atom is -0.496 e. The summed E-state index contributed by atoms with van der Waals surface area (Å²) in [5, 5.41) is 0.708. The van der Waals surface area contributed by atoms with E-state index >= 15 is 0 Å². The molecule has 0 spiro atoms. The second kappa shape index (κ2) is 35.9. The summed E-state index contributed by atoms with van der Waals surface area (Å²) >= 11 is 6.11. The van der Waals surface area contributed by atoms with E-state index in [-0.39, 0.29) is 0 Å². The molecule has 0 unspecified atom stereocenters. The van der Waals surface area contributed by atoms with Crippen LogP contribution in [0.2, 0.25) is 5.02 Å². The molecule has 95 heavy (non-hydrogen) atoms. The number of aromatic nitrogens is 6. The van der Waals surface area contributed by atoms with E-state index in [1.54, 1.807) is 67.3 Å². The zero-order valence-corrected chi connectivity index (χ0v) is 58.1. The van der Waals surface area contributed by atoms with Crippen molar-refractivity contribution in [2.45, 2.75) is 69.2 Å². The second-order valence-electron chi connectivity index (χ2n) is 22.4. The number of hydrogen-bond acceptors (Lipinski definition) is 12. The highest BCUT2D eigenvalue weighted by Gasteiger charge is 2.10. The molecule has 0 saturated heterocycles. The number of rotatable bonds is 12. The maximum absolute atomic E-state index is 6.11. The van der Waals surface area contributed by atoms with Crippen LogP contribution in [0.15, 0.2) is 226 Å². The van der Waals surface area contributed by atoms with Crippen LogP contribution < -0.4 is 28.4 Å². The van der Waals surface area contributed by atoms with E-state index in [0.29, 0.717) is 5.02 Å². The minimum absolute atomic E-state index is 0.708. The molecule has 0 aliphatic rings. The molecule has 12 rings (SSSR count). The average molecular weight is 1290 g/mol. The lowest BCUT2D eigenvalue weighted by molar-refractivity contribution is 0.411. The van der Waals surface area contributed by atoms with Crippen LogP contribution in [0.1, 0.15) is 55.9 Å². The molecule has 0 amide bonds. The summed E-state index contributed by atoms with van der Waals surface area (Å²) in [5.41, 5.74) is 24.7. The van der Waals surface area contributed by atoms with E-state index in [4.69, 9.17) is 40.0 Å². The van der Waals surface area contributed by atoms with Gasteiger partial charge in [-0.05, 0) is 257 Å². The molecule has 0 atom stereocenters. The topological polar surface area (TPSA) is 133 Å². The molecule has 12 nitrogen and oxygen atoms in total. The zero-order valence-electron chi connectivity index (χ0n) is 57.4. The van der Waals surface area contributed by atoms with Crippen molar-refractivity contribution in [3.8, 4) is 101 Å². The lowest BCUT2D eigenvalue weighted by atomic mass is 10.0. The first-order chi connectivity index (χ1) is 45.9. The highest BCUT2D eigenvalue weighted by atomic mass is 35.5. The standard InChI is InChI=1S/4C14H15NO.C13H12ClNO.C13H13NO/c1-10-4-6-13(15-9-10)12-5-7-14(16-3)11(2)8-12;1-10-8-12(6-7-14(10)16-3)13-5-4-11(2)15-9-13;1-10-6-7-15-9-13(10)12-4-5-14(16-3)11(2)8-12;1-10-9-12(6-7-14(10)16-3)13-5-4-8-15-11(13)2;1-9-7-10(3-4-13(9)16-2)11-8-15-6-5-12(11)14;1-10-8-11(5-6-13(10)15-2)12-4-3-7-14-9-12/h4*4-9H,1-3H3;3-8H,1-2H3;3-9H,1-2H3. The predicted molar refractivity (Wildman–Crippen MR) is 390 cm³/mol. The molecule has 6 aromatic carbocycles. The monoisotopic (exact) mass is 1280 g/mol. The van der Waals surface area contributed by atoms with Crippen LogP contribution in [0.25, 0.3) is 66.9 Å². The van der Waals surface area contributed by atoms with Crippen LogP contribution in [0.3, 0.4) is 0 Å². The van der Waals surface area contributed by atoms with Crippen molar-refractivity contribution in [1.29, 1.82) is 0 Å². The highest BCUT2D eigenvalue weighted by molar-refractivity contribution is 6.33. The van der Waals surface area contributed by atoms with Gasteiger partial charge in [0.2, 0.25) is 0 Å². The van der Waals surface area contributed by atoms with Gasteiger partial charge in [0.1, 0.15) is 34.5 Å². The number of benzene rings is 6. The smallest absolute Gasteiger partial charge is 0.121 e. The molecule has 13 heteroatoms. The van der Waals surface area contributed by atoms with Crippen LogP contribution >= 0.6 is 11.6 Å². The number of ether oxygens (including phenoxy) is 6. The normalized spacial score (nSPS) is 10.2. The lowest BCUT2D eigenvalue weighted by Crippen LogP contribution is -1.90. The van der Waals surface area contributed by atoms with E-state index in [9.17, 15) is 0 Å². The molecule has 0 aliphatic heterocycles. The Labute approximate surface area is 566 Å². The fourth-order valence-electron chi connectivity index (χ4n) is 10.2. The molecule has 0 saturated carbocycles. The number of halogens is 1. The van der Waals surface area contributed by atoms with Crippen molar-refractivity contribution in [3.63, 3.8) is 0 Å². The van der Waals surface area contributed by atoms with Crippen molar-refractivity contribution < 1.29 is 28.4 Å². The Hall–Kier alpha value is -10.7. The van der Waals surface area contributed by atoms with Gasteiger partial charge in [0, 0.05) is 101 Å². The first-order valence-electron chi connectivity index (χ1n) is 31.0. The van der Waals surface area contributed by atoms with E-state index < -0.39 is 0 Å². The van der Waals surface area contributed by atoms with Gasteiger partial charge in [0.25, 0.3) is 0 Å². The third-order valence-electron chi connectivity index (χ3n) is 15.6. The van der Waals surface area contributed by atoms with Gasteiger partial charge in [-0.1, -0.05) is 66.2 Å². The Bertz CT molecular complexity index is 4090. The number of pyridine rings is 6. The first kappa shape index (κ1) is 71.7. The SMILES string of the molecule is COc1ccc(-c2ccc(C)cn2)cc1C.COc1ccc(-c2ccc(C)nc2)cc1C.COc1ccc(-c2cccnc2)cc1C.COc1ccc(-c2cccnc2C)cc1C.COc1ccc(-c2cnccc2C)cc1C.COc1ccc(-c2cnccc2Cl)cc1C. The number of nitrogens with zero attached hydrogens (tertiary/aromatic N) is 6. The van der Waals surface area contributed by atoms with Crippen molar-refractivity contribution in [1.82, 2.24) is 29.9 Å². The number of aryl methyl sites for hydroxylation is 10. The zero-order chi connectivity index (χ0) is 68.4. The van der Waals surface area contributed by atoms with Crippen molar-refractivity contribution in [2.24, 2.45) is 0 Å². The van der Waals surface area contributed by atoms with Crippen LogP contribution in [0.4, 0.5) is 0 Å². The summed E-state index contributed by atoms with van der Waals surface area (Å²) in [5.74, 6) is 5.47. The number of hydrogen-bond donors (Lipinski definition) is 0. The van der Waals surface area contributed by atoms with Crippen LogP contribution in [-0.2, 0) is 0 Å². The molecule has 486 valence electrons. The third kappa shape index (κ3) is 20.4. The van der Waals surface area contributed by atoms with Crippen molar-refractivity contribution in [3.05, 3.63) is 287 Å². The predicted octanol–water partition coefficient (Wildman–Crippen LogP) is 20.3. The number of methoxy groups -OCH3 is 6. The van der Waals surface area contributed by atoms with Crippen LogP contribution in [-0.4, -0.2) is 72.6 Å². The molecule has 0 N–H and O–H groups in total. The van der Waals surface area contributed by atoms with E-state index in [1.165, 1.54) is 44.5 Å². The maximum atomic E-state index is 6.11. The summed E-state index contributed by atoms with van der Waals surface area (Å²) < 4.78 is 31.4. The van der Waals surface area contributed by atoms with Crippen LogP contribution in [0.5, 0.6) is 34.5 Å². The van der Waals surface area contributed by atoms with Gasteiger partial charge in [-0.2, -0.15) is 0 Å². The molecular weight excluding hydrogens is 1200 g/mol. The fourth-order valence-corrected chi connectivity index (χ4v) is 10.5. The Morgan fingerprint density at radius 2 is 0.674 bits per heavy atom. The maximum Gasteiger partial charge on any atom is 0.121 e. The van der Waals surface area contributed by atoms with Gasteiger partial charge in [-0.25, -0.2) is 0 Å². The van der Waals surface area contributed by atoms with Gasteiger partial charge < -0.3 is 28.4 Å². The molecule has 0 bridgehead atoms. The van der Waals surface area contributed by atoms with Gasteiger partial charge in [0.15, 0.2) is 0 Å². The molecule has 6 heterocycles. The molecule has 6 aromatic heterocycles. The highest BCUT2D eigenvalue weighted by Crippen LogP contribution is 2.33.